The van der Waals surface area contributed by atoms with Crippen molar-refractivity contribution in [3.05, 3.63) is 35.6 Å². The molecule has 3 nitrogen and oxygen atoms in total. The zero-order valence-corrected chi connectivity index (χ0v) is 11.2. The Morgan fingerprint density at radius 3 is 2.67 bits per heavy atom. The topological polar surface area (TPSA) is 55.1 Å². The Hall–Kier alpha value is -1.42. The molecule has 1 aromatic rings. The van der Waals surface area contributed by atoms with Crippen molar-refractivity contribution in [3.63, 3.8) is 0 Å². The van der Waals surface area contributed by atoms with Crippen molar-refractivity contribution in [2.24, 2.45) is 11.7 Å². The molecule has 0 saturated carbocycles. The van der Waals surface area contributed by atoms with Crippen molar-refractivity contribution < 1.29 is 9.18 Å². The number of rotatable bonds is 5. The molecule has 0 aliphatic heterocycles. The molecule has 100 valence electrons. The maximum absolute atomic E-state index is 13.0. The average molecular weight is 252 g/mol. The van der Waals surface area contributed by atoms with E-state index in [0.29, 0.717) is 12.1 Å². The molecule has 0 heterocycles. The maximum atomic E-state index is 13.0. The highest BCUT2D eigenvalue weighted by Gasteiger charge is 2.28. The molecule has 3 N–H and O–H groups in total. The average Bonchev–Trinajstić information content (AvgIpc) is 2.28. The van der Waals surface area contributed by atoms with Crippen LogP contribution in [0, 0.1) is 11.7 Å². The van der Waals surface area contributed by atoms with E-state index in [1.165, 1.54) is 12.1 Å². The lowest BCUT2D eigenvalue weighted by Gasteiger charge is -2.33. The fraction of sp³-hybridized carbons (Fsp3) is 0.500. The largest absolute Gasteiger partial charge is 0.349 e. The molecule has 0 bridgehead atoms. The van der Waals surface area contributed by atoms with E-state index in [1.54, 1.807) is 12.1 Å². The van der Waals surface area contributed by atoms with Gasteiger partial charge in [-0.05, 0) is 30.5 Å². The van der Waals surface area contributed by atoms with Crippen molar-refractivity contribution in [1.82, 2.24) is 5.32 Å². The Morgan fingerprint density at radius 1 is 1.50 bits per heavy atom. The van der Waals surface area contributed by atoms with E-state index in [4.69, 9.17) is 5.73 Å². The van der Waals surface area contributed by atoms with Crippen LogP contribution in [0.3, 0.4) is 0 Å². The van der Waals surface area contributed by atoms with Gasteiger partial charge in [-0.3, -0.25) is 4.79 Å². The fourth-order valence-electron chi connectivity index (χ4n) is 1.63. The number of hydrogen-bond donors (Lipinski definition) is 2. The summed E-state index contributed by atoms with van der Waals surface area (Å²) in [7, 11) is 0. The molecule has 0 saturated heterocycles. The van der Waals surface area contributed by atoms with Gasteiger partial charge in [0.15, 0.2) is 0 Å². The van der Waals surface area contributed by atoms with Gasteiger partial charge >= 0.3 is 0 Å². The lowest BCUT2D eigenvalue weighted by Crippen LogP contribution is -2.55. The van der Waals surface area contributed by atoms with Crippen LogP contribution in [0.1, 0.15) is 26.3 Å². The molecule has 0 aromatic heterocycles. The van der Waals surface area contributed by atoms with Crippen LogP contribution in [-0.4, -0.2) is 18.0 Å². The molecule has 0 aliphatic rings. The third-order valence-electron chi connectivity index (χ3n) is 3.38. The summed E-state index contributed by atoms with van der Waals surface area (Å²) in [5, 5.41) is 2.92. The predicted octanol–water partition coefficient (Wildman–Crippen LogP) is 1.86. The normalized spacial score (nSPS) is 14.3. The second-order valence-corrected chi connectivity index (χ2v) is 5.13. The summed E-state index contributed by atoms with van der Waals surface area (Å²) < 4.78 is 13.0. The zero-order chi connectivity index (χ0) is 13.8. The summed E-state index contributed by atoms with van der Waals surface area (Å²) in [6.45, 7) is 6.31. The minimum Gasteiger partial charge on any atom is -0.349 e. The predicted molar refractivity (Wildman–Crippen MR) is 70.5 cm³/mol. The van der Waals surface area contributed by atoms with Crippen LogP contribution in [0.15, 0.2) is 24.3 Å². The van der Waals surface area contributed by atoms with Gasteiger partial charge in [-0.25, -0.2) is 4.39 Å². The molecular weight excluding hydrogens is 231 g/mol. The van der Waals surface area contributed by atoms with Gasteiger partial charge in [0.05, 0.1) is 12.0 Å². The Kier molecular flexibility index (Phi) is 4.84. The van der Waals surface area contributed by atoms with Crippen LogP contribution in [0.25, 0.3) is 0 Å². The molecule has 1 amide bonds. The summed E-state index contributed by atoms with van der Waals surface area (Å²) >= 11 is 0. The van der Waals surface area contributed by atoms with Crippen molar-refractivity contribution in [3.8, 4) is 0 Å². The molecule has 0 fully saturated rings. The Bertz CT molecular complexity index is 420. The molecule has 18 heavy (non-hydrogen) atoms. The maximum Gasteiger partial charge on any atom is 0.224 e. The van der Waals surface area contributed by atoms with E-state index in [-0.39, 0.29) is 24.1 Å². The summed E-state index contributed by atoms with van der Waals surface area (Å²) in [4.78, 5) is 11.9. The summed E-state index contributed by atoms with van der Waals surface area (Å²) in [5.41, 5.74) is 5.94. The van der Waals surface area contributed by atoms with Crippen LogP contribution in [0.4, 0.5) is 4.39 Å². The first-order valence-corrected chi connectivity index (χ1v) is 6.13. The van der Waals surface area contributed by atoms with E-state index in [0.717, 1.165) is 0 Å². The van der Waals surface area contributed by atoms with Crippen LogP contribution in [0.2, 0.25) is 0 Å². The molecule has 1 aromatic carbocycles. The third kappa shape index (κ3) is 3.81. The number of nitrogens with one attached hydrogen (secondary N) is 1. The molecular formula is C14H21FN2O. The lowest BCUT2D eigenvalue weighted by atomic mass is 9.88. The van der Waals surface area contributed by atoms with Gasteiger partial charge < -0.3 is 11.1 Å². The fourth-order valence-corrected chi connectivity index (χ4v) is 1.63. The number of amides is 1. The standard InChI is InChI=1S/C14H21FN2O/c1-10(2)14(3,9-16)17-13(18)8-11-5-4-6-12(15)7-11/h4-7,10H,8-9,16H2,1-3H3,(H,17,18). The van der Waals surface area contributed by atoms with Crippen LogP contribution in [-0.2, 0) is 11.2 Å². The van der Waals surface area contributed by atoms with Gasteiger partial charge in [-0.1, -0.05) is 26.0 Å². The number of carbonyl (C=O) groups is 1. The SMILES string of the molecule is CC(C)C(C)(CN)NC(=O)Cc1cccc(F)c1. The monoisotopic (exact) mass is 252 g/mol. The Balaban J connectivity index is 2.67. The van der Waals surface area contributed by atoms with E-state index >= 15 is 0 Å². The van der Waals surface area contributed by atoms with Crippen LogP contribution >= 0.6 is 0 Å². The lowest BCUT2D eigenvalue weighted by molar-refractivity contribution is -0.122. The number of carbonyl (C=O) groups excluding carboxylic acids is 1. The van der Waals surface area contributed by atoms with Gasteiger partial charge in [0.2, 0.25) is 5.91 Å². The Labute approximate surface area is 108 Å². The van der Waals surface area contributed by atoms with Gasteiger partial charge in [-0.2, -0.15) is 0 Å². The zero-order valence-electron chi connectivity index (χ0n) is 11.2. The van der Waals surface area contributed by atoms with Gasteiger partial charge in [0.1, 0.15) is 5.82 Å². The molecule has 0 aliphatic carbocycles. The highest BCUT2D eigenvalue weighted by molar-refractivity contribution is 5.79. The highest BCUT2D eigenvalue weighted by Crippen LogP contribution is 2.15. The van der Waals surface area contributed by atoms with Crippen LogP contribution in [0.5, 0.6) is 0 Å². The molecule has 1 rings (SSSR count). The first kappa shape index (κ1) is 14.6. The molecule has 0 radical (unpaired) electrons. The van der Waals surface area contributed by atoms with Crippen molar-refractivity contribution in [2.75, 3.05) is 6.54 Å². The minimum absolute atomic E-state index is 0.137. The minimum atomic E-state index is -0.426. The number of benzene rings is 1. The summed E-state index contributed by atoms with van der Waals surface area (Å²) in [6, 6.07) is 6.06. The first-order valence-electron chi connectivity index (χ1n) is 6.13. The smallest absolute Gasteiger partial charge is 0.224 e. The quantitative estimate of drug-likeness (QED) is 0.840. The first-order chi connectivity index (χ1) is 8.37. The van der Waals surface area contributed by atoms with Gasteiger partial charge in [0, 0.05) is 6.54 Å². The van der Waals surface area contributed by atoms with Gasteiger partial charge in [-0.15, -0.1) is 0 Å². The number of hydrogen-bond acceptors (Lipinski definition) is 2. The van der Waals surface area contributed by atoms with Crippen molar-refractivity contribution in [1.29, 1.82) is 0 Å². The summed E-state index contributed by atoms with van der Waals surface area (Å²) in [5.74, 6) is -0.230. The second-order valence-electron chi connectivity index (χ2n) is 5.13. The van der Waals surface area contributed by atoms with Gasteiger partial charge in [0.25, 0.3) is 0 Å². The van der Waals surface area contributed by atoms with E-state index in [1.807, 2.05) is 20.8 Å². The molecule has 4 heteroatoms. The summed E-state index contributed by atoms with van der Waals surface area (Å²) in [6.07, 6.45) is 0.167. The van der Waals surface area contributed by atoms with E-state index < -0.39 is 5.54 Å². The number of halogens is 1. The van der Waals surface area contributed by atoms with E-state index in [9.17, 15) is 9.18 Å². The molecule has 0 spiro atoms. The highest BCUT2D eigenvalue weighted by atomic mass is 19.1. The Morgan fingerprint density at radius 2 is 2.17 bits per heavy atom. The van der Waals surface area contributed by atoms with Crippen molar-refractivity contribution >= 4 is 5.91 Å². The van der Waals surface area contributed by atoms with Crippen LogP contribution < -0.4 is 11.1 Å². The van der Waals surface area contributed by atoms with Crippen molar-refractivity contribution in [2.45, 2.75) is 32.7 Å². The second kappa shape index (κ2) is 5.96. The number of nitrogens with two attached hydrogens (primary N) is 1. The molecule has 1 atom stereocenters. The third-order valence-corrected chi connectivity index (χ3v) is 3.38. The van der Waals surface area contributed by atoms with E-state index in [2.05, 4.69) is 5.32 Å². The molecule has 1 unspecified atom stereocenters.